The zero-order chi connectivity index (χ0) is 22.3. The fourth-order valence-corrected chi connectivity index (χ4v) is 5.43. The molecule has 2 fully saturated rings. The van der Waals surface area contributed by atoms with Crippen molar-refractivity contribution in [3.05, 3.63) is 30.1 Å². The molecule has 3 heterocycles. The van der Waals surface area contributed by atoms with Gasteiger partial charge in [0.2, 0.25) is 5.91 Å². The van der Waals surface area contributed by atoms with E-state index in [0.717, 1.165) is 38.7 Å². The van der Waals surface area contributed by atoms with Gasteiger partial charge in [-0.1, -0.05) is 6.92 Å². The van der Waals surface area contributed by atoms with Crippen LogP contribution in [0.25, 0.3) is 11.0 Å². The number of aromatic nitrogens is 2. The highest BCUT2D eigenvalue weighted by Gasteiger charge is 2.35. The number of amides is 1. The van der Waals surface area contributed by atoms with Gasteiger partial charge < -0.3 is 9.80 Å². The van der Waals surface area contributed by atoms with Gasteiger partial charge in [-0.3, -0.25) is 17.9 Å². The number of rotatable bonds is 5. The molecule has 0 spiro atoms. The minimum atomic E-state index is -2.99. The van der Waals surface area contributed by atoms with Crippen LogP contribution in [0.5, 0.6) is 0 Å². The lowest BCUT2D eigenvalue weighted by atomic mass is 9.93. The van der Waals surface area contributed by atoms with Crippen molar-refractivity contribution in [3.63, 3.8) is 0 Å². The van der Waals surface area contributed by atoms with Crippen LogP contribution in [-0.2, 0) is 10.7 Å². The third-order valence-corrected chi connectivity index (χ3v) is 7.54. The maximum absolute atomic E-state index is 14.1. The van der Waals surface area contributed by atoms with Gasteiger partial charge in [0.15, 0.2) is 0 Å². The first-order valence-corrected chi connectivity index (χ1v) is 11.6. The summed E-state index contributed by atoms with van der Waals surface area (Å²) in [4.78, 5) is 25.9. The Morgan fingerprint density at radius 2 is 1.87 bits per heavy atom. The summed E-state index contributed by atoms with van der Waals surface area (Å²) in [5, 5.41) is 0. The normalized spacial score (nSPS) is 23.1. The van der Waals surface area contributed by atoms with Crippen LogP contribution >= 0.6 is 22.9 Å². The van der Waals surface area contributed by atoms with Gasteiger partial charge in [-0.2, -0.15) is 0 Å². The zero-order valence-corrected chi connectivity index (χ0v) is 20.2. The smallest absolute Gasteiger partial charge is 0.272 e. The summed E-state index contributed by atoms with van der Waals surface area (Å²) in [7, 11) is 2.07. The molecule has 9 heteroatoms. The van der Waals surface area contributed by atoms with Crippen molar-refractivity contribution < 1.29 is 13.6 Å². The number of fused-ring (bicyclic) bond motifs is 1. The molecule has 1 amide bonds. The van der Waals surface area contributed by atoms with Crippen LogP contribution in [0.15, 0.2) is 24.5 Å². The zero-order valence-electron chi connectivity index (χ0n) is 18.1. The number of alkyl halides is 2. The van der Waals surface area contributed by atoms with Crippen LogP contribution in [0.4, 0.5) is 14.5 Å². The molecular weight excluding hydrogens is 515 g/mol. The van der Waals surface area contributed by atoms with Gasteiger partial charge in [0.05, 0.1) is 40.1 Å². The van der Waals surface area contributed by atoms with Crippen molar-refractivity contribution in [2.45, 2.75) is 38.7 Å². The van der Waals surface area contributed by atoms with E-state index in [1.165, 1.54) is 18.5 Å². The fraction of sp³-hybridized carbons (Fsp3) is 0.591. The molecule has 1 aromatic heterocycles. The predicted octanol–water partition coefficient (Wildman–Crippen LogP) is 4.09. The monoisotopic (exact) mass is 543 g/mol. The van der Waals surface area contributed by atoms with Gasteiger partial charge in [0.1, 0.15) is 5.52 Å². The lowest BCUT2D eigenvalue weighted by Crippen LogP contribution is -2.51. The highest BCUT2D eigenvalue weighted by atomic mass is 127. The number of anilines is 1. The minimum absolute atomic E-state index is 0.0636. The van der Waals surface area contributed by atoms with E-state index in [9.17, 15) is 13.6 Å². The van der Waals surface area contributed by atoms with E-state index >= 15 is 0 Å². The topological polar surface area (TPSA) is 52.6 Å². The number of carbonyl (C=O) groups is 1. The van der Waals surface area contributed by atoms with Crippen LogP contribution < -0.4 is 4.90 Å². The maximum atomic E-state index is 14.1. The minimum Gasteiger partial charge on any atom is -0.367 e. The van der Waals surface area contributed by atoms with Crippen LogP contribution in [0.3, 0.4) is 0 Å². The Labute approximate surface area is 195 Å². The van der Waals surface area contributed by atoms with Crippen LogP contribution in [0, 0.1) is 11.8 Å². The van der Waals surface area contributed by atoms with E-state index in [-0.39, 0.29) is 23.0 Å². The number of benzene rings is 1. The van der Waals surface area contributed by atoms with Gasteiger partial charge in [-0.05, 0) is 37.4 Å². The predicted molar refractivity (Wildman–Crippen MR) is 125 cm³/mol. The number of nitrogens with zero attached hydrogens (tertiary/aromatic N) is 5. The molecule has 2 aliphatic heterocycles. The average Bonchev–Trinajstić information content (AvgIpc) is 2.70. The molecule has 0 bridgehead atoms. The van der Waals surface area contributed by atoms with Gasteiger partial charge in [0, 0.05) is 57.5 Å². The maximum Gasteiger partial charge on any atom is 0.272 e. The number of carbonyl (C=O) groups excluding carboxylic acids is 1. The molecule has 1 aromatic carbocycles. The highest BCUT2D eigenvalue weighted by molar-refractivity contribution is 14.1. The summed E-state index contributed by atoms with van der Waals surface area (Å²) in [6, 6.07) is 3.25. The van der Waals surface area contributed by atoms with Crippen molar-refractivity contribution in [3.8, 4) is 0 Å². The Morgan fingerprint density at radius 1 is 1.19 bits per heavy atom. The van der Waals surface area contributed by atoms with Crippen LogP contribution in [0.2, 0.25) is 0 Å². The molecule has 0 N–H and O–H groups in total. The van der Waals surface area contributed by atoms with E-state index in [4.69, 9.17) is 0 Å². The molecule has 168 valence electrons. The lowest BCUT2D eigenvalue weighted by Gasteiger charge is -2.42. The number of hydrogen-bond donors (Lipinski definition) is 0. The summed E-state index contributed by atoms with van der Waals surface area (Å²) in [6.07, 6.45) is 4.49. The molecule has 2 aromatic rings. The number of halogens is 3. The summed E-state index contributed by atoms with van der Waals surface area (Å²) in [6.45, 7) is 6.43. The number of hydrogen-bond acceptors (Lipinski definition) is 5. The molecule has 0 aliphatic carbocycles. The summed E-state index contributed by atoms with van der Waals surface area (Å²) in [5.41, 5.74) is 1.40. The first-order chi connectivity index (χ1) is 14.6. The van der Waals surface area contributed by atoms with Crippen molar-refractivity contribution in [2.75, 3.05) is 38.1 Å². The first kappa shape index (κ1) is 22.6. The molecule has 2 saturated heterocycles. The molecule has 2 atom stereocenters. The second-order valence-electron chi connectivity index (χ2n) is 9.17. The Kier molecular flexibility index (Phi) is 6.35. The third-order valence-electron chi connectivity index (χ3n) is 6.22. The Balaban J connectivity index is 1.57. The van der Waals surface area contributed by atoms with Gasteiger partial charge in [-0.15, -0.1) is 0 Å². The van der Waals surface area contributed by atoms with E-state index in [1.807, 2.05) is 3.11 Å². The standard InChI is InChI=1S/C22H28F2IN5O/c1-14-8-16(30(25)19(31)9-15-11-28(3)12-15)13-29(10-14)18-5-4-17(22(2,23)24)20-21(18)27-7-6-26-20/h4-7,14-16H,8-13H2,1-3H3/t14-,16+/m0/s1. The summed E-state index contributed by atoms with van der Waals surface area (Å²) in [5.74, 6) is -2.03. The second kappa shape index (κ2) is 8.73. The number of likely N-dealkylation sites (tertiary alicyclic amines) is 1. The van der Waals surface area contributed by atoms with E-state index in [0.29, 0.717) is 30.3 Å². The Morgan fingerprint density at radius 3 is 2.52 bits per heavy atom. The molecule has 0 saturated carbocycles. The van der Waals surface area contributed by atoms with Gasteiger partial charge >= 0.3 is 0 Å². The fourth-order valence-electron chi connectivity index (χ4n) is 4.83. The van der Waals surface area contributed by atoms with Crippen molar-refractivity contribution in [1.82, 2.24) is 18.0 Å². The molecule has 4 rings (SSSR count). The van der Waals surface area contributed by atoms with Crippen molar-refractivity contribution in [1.29, 1.82) is 0 Å². The molecule has 0 radical (unpaired) electrons. The first-order valence-electron chi connectivity index (χ1n) is 10.7. The van der Waals surface area contributed by atoms with Gasteiger partial charge in [0.25, 0.3) is 5.92 Å². The molecule has 2 aliphatic rings. The third kappa shape index (κ3) is 4.76. The Hall–Kier alpha value is -1.62. The van der Waals surface area contributed by atoms with Crippen LogP contribution in [0.1, 0.15) is 32.3 Å². The SMILES string of the molecule is C[C@H]1C[C@@H](N(I)C(=O)CC2CN(C)C2)CN(c2ccc(C(C)(F)F)c3nccnc23)C1. The molecule has 6 nitrogen and oxygen atoms in total. The van der Waals surface area contributed by atoms with Crippen molar-refractivity contribution in [2.24, 2.45) is 11.8 Å². The van der Waals surface area contributed by atoms with Crippen molar-refractivity contribution >= 4 is 45.5 Å². The van der Waals surface area contributed by atoms with E-state index in [2.05, 4.69) is 56.6 Å². The highest BCUT2D eigenvalue weighted by Crippen LogP contribution is 2.37. The second-order valence-corrected chi connectivity index (χ2v) is 10.2. The summed E-state index contributed by atoms with van der Waals surface area (Å²) >= 11 is 2.16. The van der Waals surface area contributed by atoms with Gasteiger partial charge in [-0.25, -0.2) is 8.78 Å². The molecule has 0 unspecified atom stereocenters. The van der Waals surface area contributed by atoms with E-state index < -0.39 is 5.92 Å². The number of piperidine rings is 1. The average molecular weight is 543 g/mol. The Bertz CT molecular complexity index is 963. The summed E-state index contributed by atoms with van der Waals surface area (Å²) < 4.78 is 30.1. The largest absolute Gasteiger partial charge is 0.367 e. The molecule has 31 heavy (non-hydrogen) atoms. The lowest BCUT2D eigenvalue weighted by molar-refractivity contribution is -0.128. The molecular formula is C22H28F2IN5O. The van der Waals surface area contributed by atoms with E-state index in [1.54, 1.807) is 6.07 Å². The quantitative estimate of drug-likeness (QED) is 0.421. The van der Waals surface area contributed by atoms with Crippen LogP contribution in [-0.4, -0.2) is 63.2 Å².